The fourth-order valence-electron chi connectivity index (χ4n) is 4.64. The number of unbranched alkanes of at least 4 members (excludes halogenated alkanes) is 3. The highest BCUT2D eigenvalue weighted by atomic mass is 16.5. The molecule has 1 unspecified atom stereocenters. The van der Waals surface area contributed by atoms with E-state index in [9.17, 15) is 14.7 Å². The molecule has 1 saturated carbocycles. The van der Waals surface area contributed by atoms with Crippen molar-refractivity contribution in [2.45, 2.75) is 76.2 Å². The molecule has 2 aliphatic rings. The molecule has 1 fully saturated rings. The standard InChI is InChI=1S/C22H30O4/c1-26-21(25)10-5-3-2-4-9-18-19(23)14-20(24)22(18)17-12-11-15-7-6-8-16(15)13-17/h11-13,18,20,22,24H,2-10,14H2,1H3/t18-,20+,22?/m0/s1. The van der Waals surface area contributed by atoms with E-state index in [1.165, 1.54) is 24.7 Å². The Labute approximate surface area is 155 Å². The molecule has 1 aromatic carbocycles. The van der Waals surface area contributed by atoms with Gasteiger partial charge in [0.25, 0.3) is 0 Å². The van der Waals surface area contributed by atoms with Crippen LogP contribution in [0.4, 0.5) is 0 Å². The molecule has 1 N–H and O–H groups in total. The van der Waals surface area contributed by atoms with Crippen molar-refractivity contribution >= 4 is 11.8 Å². The average molecular weight is 358 g/mol. The number of esters is 1. The maximum atomic E-state index is 12.4. The molecule has 142 valence electrons. The molecule has 0 heterocycles. The normalized spacial score (nSPS) is 24.7. The highest BCUT2D eigenvalue weighted by Crippen LogP contribution is 2.41. The van der Waals surface area contributed by atoms with Gasteiger partial charge in [-0.1, -0.05) is 37.5 Å². The number of fused-ring (bicyclic) bond motifs is 1. The fourth-order valence-corrected chi connectivity index (χ4v) is 4.64. The smallest absolute Gasteiger partial charge is 0.305 e. The van der Waals surface area contributed by atoms with Gasteiger partial charge in [-0.3, -0.25) is 9.59 Å². The number of aliphatic hydroxyl groups excluding tert-OH is 1. The summed E-state index contributed by atoms with van der Waals surface area (Å²) in [5.41, 5.74) is 3.96. The van der Waals surface area contributed by atoms with E-state index in [2.05, 4.69) is 22.9 Å². The predicted octanol–water partition coefficient (Wildman–Crippen LogP) is 3.72. The second-order valence-electron chi connectivity index (χ2n) is 7.78. The number of methoxy groups -OCH3 is 1. The van der Waals surface area contributed by atoms with Gasteiger partial charge in [-0.2, -0.15) is 0 Å². The first-order chi connectivity index (χ1) is 12.6. The number of ether oxygens (including phenoxy) is 1. The summed E-state index contributed by atoms with van der Waals surface area (Å²) < 4.78 is 4.65. The summed E-state index contributed by atoms with van der Waals surface area (Å²) in [4.78, 5) is 23.5. The summed E-state index contributed by atoms with van der Waals surface area (Å²) in [5, 5.41) is 10.5. The molecule has 26 heavy (non-hydrogen) atoms. The van der Waals surface area contributed by atoms with Crippen molar-refractivity contribution in [3.63, 3.8) is 0 Å². The number of carbonyl (C=O) groups is 2. The number of aryl methyl sites for hydroxylation is 2. The van der Waals surface area contributed by atoms with E-state index >= 15 is 0 Å². The third kappa shape index (κ3) is 4.35. The van der Waals surface area contributed by atoms with Gasteiger partial charge >= 0.3 is 5.97 Å². The zero-order chi connectivity index (χ0) is 18.5. The minimum Gasteiger partial charge on any atom is -0.469 e. The average Bonchev–Trinajstić information content (AvgIpc) is 3.20. The topological polar surface area (TPSA) is 63.6 Å². The van der Waals surface area contributed by atoms with Crippen LogP contribution in [-0.4, -0.2) is 30.1 Å². The van der Waals surface area contributed by atoms with Gasteiger partial charge in [0, 0.05) is 24.7 Å². The SMILES string of the molecule is COC(=O)CCCCCC[C@H]1C(=O)C[C@@H](O)C1c1ccc2c(c1)CCC2. The van der Waals surface area contributed by atoms with E-state index in [0.717, 1.165) is 50.5 Å². The molecule has 4 heteroatoms. The third-order valence-electron chi connectivity index (χ3n) is 6.05. The quantitative estimate of drug-likeness (QED) is 0.568. The van der Waals surface area contributed by atoms with Crippen LogP contribution in [0.5, 0.6) is 0 Å². The molecule has 0 aliphatic heterocycles. The van der Waals surface area contributed by atoms with Crippen molar-refractivity contribution in [1.82, 2.24) is 0 Å². The van der Waals surface area contributed by atoms with Crippen molar-refractivity contribution in [2.24, 2.45) is 5.92 Å². The molecule has 3 atom stereocenters. The molecule has 4 nitrogen and oxygen atoms in total. The molecule has 1 aromatic rings. The van der Waals surface area contributed by atoms with Crippen LogP contribution in [0.1, 0.15) is 74.0 Å². The van der Waals surface area contributed by atoms with Gasteiger partial charge < -0.3 is 9.84 Å². The van der Waals surface area contributed by atoms with Gasteiger partial charge in [-0.15, -0.1) is 0 Å². The second-order valence-corrected chi connectivity index (χ2v) is 7.78. The van der Waals surface area contributed by atoms with Gasteiger partial charge in [-0.05, 0) is 48.8 Å². The lowest BCUT2D eigenvalue weighted by atomic mass is 9.83. The van der Waals surface area contributed by atoms with Crippen LogP contribution in [0, 0.1) is 5.92 Å². The Morgan fingerprint density at radius 1 is 1.15 bits per heavy atom. The lowest BCUT2D eigenvalue weighted by Gasteiger charge is -2.22. The van der Waals surface area contributed by atoms with Gasteiger partial charge in [0.05, 0.1) is 13.2 Å². The largest absolute Gasteiger partial charge is 0.469 e. The molecule has 0 spiro atoms. The van der Waals surface area contributed by atoms with Crippen LogP contribution in [0.2, 0.25) is 0 Å². The van der Waals surface area contributed by atoms with E-state index in [4.69, 9.17) is 0 Å². The number of aliphatic hydroxyl groups is 1. The van der Waals surface area contributed by atoms with E-state index in [1.807, 2.05) is 0 Å². The van der Waals surface area contributed by atoms with Crippen LogP contribution in [0.15, 0.2) is 18.2 Å². The van der Waals surface area contributed by atoms with Crippen LogP contribution < -0.4 is 0 Å². The minimum atomic E-state index is -0.550. The van der Waals surface area contributed by atoms with Gasteiger partial charge in [0.15, 0.2) is 0 Å². The number of Topliss-reactive ketones (excluding diaryl/α,β-unsaturated/α-hetero) is 1. The maximum absolute atomic E-state index is 12.4. The number of ketones is 1. The Morgan fingerprint density at radius 2 is 1.92 bits per heavy atom. The summed E-state index contributed by atoms with van der Waals surface area (Å²) in [6.07, 6.45) is 8.29. The molecule has 0 bridgehead atoms. The Balaban J connectivity index is 1.55. The lowest BCUT2D eigenvalue weighted by molar-refractivity contribution is -0.140. The molecular formula is C22H30O4. The first kappa shape index (κ1) is 19.1. The third-order valence-corrected chi connectivity index (χ3v) is 6.05. The molecule has 0 saturated heterocycles. The van der Waals surface area contributed by atoms with Crippen molar-refractivity contribution in [2.75, 3.05) is 7.11 Å². The van der Waals surface area contributed by atoms with E-state index in [0.29, 0.717) is 6.42 Å². The summed E-state index contributed by atoms with van der Waals surface area (Å²) in [7, 11) is 1.42. The second kappa shape index (κ2) is 8.81. The number of hydrogen-bond donors (Lipinski definition) is 1. The number of carbonyl (C=O) groups excluding carboxylic acids is 2. The zero-order valence-electron chi connectivity index (χ0n) is 15.7. The lowest BCUT2D eigenvalue weighted by Crippen LogP contribution is -2.19. The Morgan fingerprint density at radius 3 is 2.73 bits per heavy atom. The van der Waals surface area contributed by atoms with Gasteiger partial charge in [0.2, 0.25) is 0 Å². The molecule has 0 radical (unpaired) electrons. The maximum Gasteiger partial charge on any atom is 0.305 e. The summed E-state index contributed by atoms with van der Waals surface area (Å²) in [5.74, 6) is -0.0677. The van der Waals surface area contributed by atoms with Crippen molar-refractivity contribution in [3.05, 3.63) is 34.9 Å². The van der Waals surface area contributed by atoms with Gasteiger partial charge in [-0.25, -0.2) is 0 Å². The molecule has 2 aliphatic carbocycles. The van der Waals surface area contributed by atoms with Gasteiger partial charge in [0.1, 0.15) is 5.78 Å². The number of rotatable bonds is 8. The molecule has 3 rings (SSSR count). The molecule has 0 aromatic heterocycles. The number of benzene rings is 1. The highest BCUT2D eigenvalue weighted by molar-refractivity contribution is 5.85. The molecular weight excluding hydrogens is 328 g/mol. The fraction of sp³-hybridized carbons (Fsp3) is 0.636. The van der Waals surface area contributed by atoms with Crippen LogP contribution >= 0.6 is 0 Å². The van der Waals surface area contributed by atoms with Crippen LogP contribution in [-0.2, 0) is 27.2 Å². The van der Waals surface area contributed by atoms with E-state index < -0.39 is 6.10 Å². The first-order valence-corrected chi connectivity index (χ1v) is 9.99. The highest BCUT2D eigenvalue weighted by Gasteiger charge is 2.42. The van der Waals surface area contributed by atoms with E-state index in [-0.39, 0.29) is 30.0 Å². The van der Waals surface area contributed by atoms with Crippen molar-refractivity contribution in [1.29, 1.82) is 0 Å². The Bertz CT molecular complexity index is 652. The summed E-state index contributed by atoms with van der Waals surface area (Å²) in [6.45, 7) is 0. The van der Waals surface area contributed by atoms with Crippen LogP contribution in [0.25, 0.3) is 0 Å². The van der Waals surface area contributed by atoms with Crippen LogP contribution in [0.3, 0.4) is 0 Å². The van der Waals surface area contributed by atoms with Crippen molar-refractivity contribution in [3.8, 4) is 0 Å². The zero-order valence-corrected chi connectivity index (χ0v) is 15.7. The first-order valence-electron chi connectivity index (χ1n) is 9.99. The predicted molar refractivity (Wildman–Crippen MR) is 100 cm³/mol. The minimum absolute atomic E-state index is 0.0523. The Kier molecular flexibility index (Phi) is 6.47. The number of hydrogen-bond acceptors (Lipinski definition) is 4. The summed E-state index contributed by atoms with van der Waals surface area (Å²) >= 11 is 0. The Hall–Kier alpha value is -1.68. The molecule has 0 amide bonds. The summed E-state index contributed by atoms with van der Waals surface area (Å²) in [6, 6.07) is 6.55. The van der Waals surface area contributed by atoms with Crippen molar-refractivity contribution < 1.29 is 19.4 Å². The van der Waals surface area contributed by atoms with E-state index in [1.54, 1.807) is 0 Å². The monoisotopic (exact) mass is 358 g/mol.